The largest absolute Gasteiger partial charge is 0.450 e. The number of para-hydroxylation sites is 1. The fraction of sp³-hybridized carbons (Fsp3) is 0.318. The van der Waals surface area contributed by atoms with E-state index in [0.717, 1.165) is 5.69 Å². The molecule has 1 aliphatic heterocycles. The molecule has 1 fully saturated rings. The van der Waals surface area contributed by atoms with Crippen molar-refractivity contribution in [2.24, 2.45) is 0 Å². The molecule has 29 heavy (non-hydrogen) atoms. The fourth-order valence-corrected chi connectivity index (χ4v) is 3.24. The average Bonchev–Trinajstić information content (AvgIpc) is 2.78. The van der Waals surface area contributed by atoms with E-state index in [2.05, 4.69) is 0 Å². The number of nitrogens with zero attached hydrogens (tertiary/aromatic N) is 3. The third-order valence-electron chi connectivity index (χ3n) is 4.90. The van der Waals surface area contributed by atoms with E-state index in [1.165, 1.54) is 0 Å². The molecule has 3 rings (SSSR count). The van der Waals surface area contributed by atoms with Crippen LogP contribution in [0.2, 0.25) is 0 Å². The van der Waals surface area contributed by atoms with Gasteiger partial charge >= 0.3 is 6.09 Å². The van der Waals surface area contributed by atoms with Gasteiger partial charge in [0, 0.05) is 50.0 Å². The van der Waals surface area contributed by atoms with E-state index >= 15 is 0 Å². The summed E-state index contributed by atoms with van der Waals surface area (Å²) in [6.07, 6.45) is -0.351. The van der Waals surface area contributed by atoms with E-state index in [0.29, 0.717) is 43.9 Å². The minimum atomic E-state index is -0.351. The van der Waals surface area contributed by atoms with Crippen molar-refractivity contribution in [3.8, 4) is 0 Å². The molecular formula is C22H25N3O4. The Bertz CT molecular complexity index is 877. The highest BCUT2D eigenvalue weighted by molar-refractivity contribution is 6.07. The molecule has 0 radical (unpaired) electrons. The molecule has 0 unspecified atom stereocenters. The third-order valence-corrected chi connectivity index (χ3v) is 4.90. The molecular weight excluding hydrogens is 370 g/mol. The standard InChI is InChI=1S/C22H25N3O4/c1-3-29-22(28)25-14-12-24(13-15-25)21(27)18-9-7-8-17(16-18)20(26)23(2)19-10-5-4-6-11-19/h4-11,16H,3,12-15H2,1-2H3. The van der Waals surface area contributed by atoms with E-state index in [4.69, 9.17) is 4.74 Å². The Labute approximate surface area is 170 Å². The SMILES string of the molecule is CCOC(=O)N1CCN(C(=O)c2cccc(C(=O)N(C)c3ccccc3)c2)CC1. The summed E-state index contributed by atoms with van der Waals surface area (Å²) >= 11 is 0. The monoisotopic (exact) mass is 395 g/mol. The van der Waals surface area contributed by atoms with E-state index < -0.39 is 0 Å². The maximum Gasteiger partial charge on any atom is 0.409 e. The molecule has 0 atom stereocenters. The van der Waals surface area contributed by atoms with Crippen molar-refractivity contribution in [1.82, 2.24) is 9.80 Å². The molecule has 152 valence electrons. The van der Waals surface area contributed by atoms with Gasteiger partial charge in [-0.3, -0.25) is 9.59 Å². The van der Waals surface area contributed by atoms with Gasteiger partial charge in [0.1, 0.15) is 0 Å². The topological polar surface area (TPSA) is 70.2 Å². The summed E-state index contributed by atoms with van der Waals surface area (Å²) in [7, 11) is 1.71. The Morgan fingerprint density at radius 1 is 0.897 bits per heavy atom. The number of ether oxygens (including phenoxy) is 1. The van der Waals surface area contributed by atoms with Crippen molar-refractivity contribution in [2.45, 2.75) is 6.92 Å². The lowest BCUT2D eigenvalue weighted by Gasteiger charge is -2.34. The zero-order chi connectivity index (χ0) is 20.8. The number of benzene rings is 2. The summed E-state index contributed by atoms with van der Waals surface area (Å²) in [4.78, 5) is 42.4. The van der Waals surface area contributed by atoms with E-state index in [9.17, 15) is 14.4 Å². The van der Waals surface area contributed by atoms with Gasteiger partial charge < -0.3 is 19.4 Å². The smallest absolute Gasteiger partial charge is 0.409 e. The van der Waals surface area contributed by atoms with E-state index in [1.54, 1.807) is 52.9 Å². The first kappa shape index (κ1) is 20.4. The highest BCUT2D eigenvalue weighted by Crippen LogP contribution is 2.17. The molecule has 0 N–H and O–H groups in total. The molecule has 0 spiro atoms. The second kappa shape index (κ2) is 9.23. The minimum absolute atomic E-state index is 0.148. The Morgan fingerprint density at radius 3 is 2.17 bits per heavy atom. The van der Waals surface area contributed by atoms with Crippen LogP contribution in [0.5, 0.6) is 0 Å². The van der Waals surface area contributed by atoms with Crippen molar-refractivity contribution in [3.05, 3.63) is 65.7 Å². The second-order valence-electron chi connectivity index (χ2n) is 6.76. The summed E-state index contributed by atoms with van der Waals surface area (Å²) in [5.41, 5.74) is 1.69. The summed E-state index contributed by atoms with van der Waals surface area (Å²) in [6.45, 7) is 3.82. The number of amides is 3. The number of hydrogen-bond donors (Lipinski definition) is 0. The lowest BCUT2D eigenvalue weighted by Crippen LogP contribution is -2.50. The van der Waals surface area contributed by atoms with Crippen LogP contribution in [0, 0.1) is 0 Å². The van der Waals surface area contributed by atoms with Crippen molar-refractivity contribution in [3.63, 3.8) is 0 Å². The highest BCUT2D eigenvalue weighted by Gasteiger charge is 2.26. The second-order valence-corrected chi connectivity index (χ2v) is 6.76. The van der Waals surface area contributed by atoms with Crippen molar-refractivity contribution < 1.29 is 19.1 Å². The molecule has 2 aromatic carbocycles. The van der Waals surface area contributed by atoms with Crippen LogP contribution < -0.4 is 4.90 Å². The Kier molecular flexibility index (Phi) is 6.49. The number of carbonyl (C=O) groups is 3. The molecule has 1 heterocycles. The first-order valence-electron chi connectivity index (χ1n) is 9.65. The molecule has 0 saturated carbocycles. The molecule has 1 saturated heterocycles. The summed E-state index contributed by atoms with van der Waals surface area (Å²) in [6, 6.07) is 16.1. The number of hydrogen-bond acceptors (Lipinski definition) is 4. The van der Waals surface area contributed by atoms with Crippen LogP contribution in [0.3, 0.4) is 0 Å². The van der Waals surface area contributed by atoms with Crippen molar-refractivity contribution in [1.29, 1.82) is 0 Å². The number of anilines is 1. The van der Waals surface area contributed by atoms with E-state index in [-0.39, 0.29) is 17.9 Å². The molecule has 0 aromatic heterocycles. The molecule has 1 aliphatic rings. The molecule has 3 amide bonds. The first-order chi connectivity index (χ1) is 14.0. The van der Waals surface area contributed by atoms with Crippen LogP contribution in [0.4, 0.5) is 10.5 Å². The number of piperazine rings is 1. The van der Waals surface area contributed by atoms with Crippen LogP contribution in [-0.2, 0) is 4.74 Å². The maximum atomic E-state index is 12.9. The first-order valence-corrected chi connectivity index (χ1v) is 9.65. The normalized spacial score (nSPS) is 13.7. The summed E-state index contributed by atoms with van der Waals surface area (Å²) < 4.78 is 5.00. The number of carbonyl (C=O) groups excluding carboxylic acids is 3. The third kappa shape index (κ3) is 4.74. The van der Waals surface area contributed by atoms with Crippen LogP contribution in [0.1, 0.15) is 27.6 Å². The molecule has 7 nitrogen and oxygen atoms in total. The van der Waals surface area contributed by atoms with E-state index in [1.807, 2.05) is 30.3 Å². The van der Waals surface area contributed by atoms with Crippen LogP contribution in [0.15, 0.2) is 54.6 Å². The molecule has 0 aliphatic carbocycles. The van der Waals surface area contributed by atoms with Crippen LogP contribution in [0.25, 0.3) is 0 Å². The zero-order valence-corrected chi connectivity index (χ0v) is 16.7. The average molecular weight is 395 g/mol. The van der Waals surface area contributed by atoms with Gasteiger partial charge in [-0.1, -0.05) is 24.3 Å². The predicted octanol–water partition coefficient (Wildman–Crippen LogP) is 2.88. The zero-order valence-electron chi connectivity index (χ0n) is 16.7. The Hall–Kier alpha value is -3.35. The number of rotatable bonds is 4. The maximum absolute atomic E-state index is 12.9. The van der Waals surface area contributed by atoms with Crippen molar-refractivity contribution >= 4 is 23.6 Å². The Balaban J connectivity index is 1.67. The Morgan fingerprint density at radius 2 is 1.52 bits per heavy atom. The van der Waals surface area contributed by atoms with Gasteiger partial charge in [-0.05, 0) is 37.3 Å². The van der Waals surface area contributed by atoms with Gasteiger partial charge in [-0.15, -0.1) is 0 Å². The highest BCUT2D eigenvalue weighted by atomic mass is 16.6. The van der Waals surface area contributed by atoms with Gasteiger partial charge in [0.2, 0.25) is 0 Å². The predicted molar refractivity (Wildman–Crippen MR) is 110 cm³/mol. The minimum Gasteiger partial charge on any atom is -0.450 e. The lowest BCUT2D eigenvalue weighted by molar-refractivity contribution is 0.0570. The van der Waals surface area contributed by atoms with Gasteiger partial charge in [0.25, 0.3) is 11.8 Å². The summed E-state index contributed by atoms with van der Waals surface area (Å²) in [5.74, 6) is -0.330. The van der Waals surface area contributed by atoms with Crippen LogP contribution in [-0.4, -0.2) is 67.5 Å². The van der Waals surface area contributed by atoms with Crippen molar-refractivity contribution in [2.75, 3.05) is 44.7 Å². The molecule has 0 bridgehead atoms. The lowest BCUT2D eigenvalue weighted by atomic mass is 10.1. The quantitative estimate of drug-likeness (QED) is 0.798. The summed E-state index contributed by atoms with van der Waals surface area (Å²) in [5, 5.41) is 0. The van der Waals surface area contributed by atoms with Crippen LogP contribution >= 0.6 is 0 Å². The van der Waals surface area contributed by atoms with Gasteiger partial charge in [0.15, 0.2) is 0 Å². The van der Waals surface area contributed by atoms with Gasteiger partial charge in [-0.25, -0.2) is 4.79 Å². The molecule has 7 heteroatoms. The molecule has 2 aromatic rings. The van der Waals surface area contributed by atoms with Gasteiger partial charge in [-0.2, -0.15) is 0 Å². The van der Waals surface area contributed by atoms with Gasteiger partial charge in [0.05, 0.1) is 6.61 Å². The fourth-order valence-electron chi connectivity index (χ4n) is 3.24.